The van der Waals surface area contributed by atoms with Gasteiger partial charge in [0.05, 0.1) is 29.8 Å². The van der Waals surface area contributed by atoms with E-state index in [0.717, 1.165) is 36.3 Å². The number of carbonyl (C=O) groups is 1. The van der Waals surface area contributed by atoms with Crippen LogP contribution >= 0.6 is 0 Å². The zero-order valence-corrected chi connectivity index (χ0v) is 22.1. The molecule has 40 heavy (non-hydrogen) atoms. The first-order valence-corrected chi connectivity index (χ1v) is 12.9. The maximum absolute atomic E-state index is 12.6. The molecule has 0 saturated carbocycles. The summed E-state index contributed by atoms with van der Waals surface area (Å²) in [6, 6.07) is 10.9. The van der Waals surface area contributed by atoms with Crippen molar-refractivity contribution in [2.24, 2.45) is 0 Å². The van der Waals surface area contributed by atoms with Crippen molar-refractivity contribution < 1.29 is 14.6 Å². The number of likely N-dealkylation sites (N-methyl/N-ethyl adjacent to an activating group) is 1. The SMILES string of the molecule is Cc1cc(Nc2ncnc3cc(O)c(NC(=O)/C=C/[C@H]4CCCN4C)cc23)ccc1Oc1cnc2ccnn2c1. The van der Waals surface area contributed by atoms with E-state index in [1.54, 1.807) is 29.2 Å². The van der Waals surface area contributed by atoms with Crippen LogP contribution in [0.15, 0.2) is 73.5 Å². The van der Waals surface area contributed by atoms with Crippen molar-refractivity contribution in [1.29, 1.82) is 0 Å². The lowest BCUT2D eigenvalue weighted by Crippen LogP contribution is -2.23. The van der Waals surface area contributed by atoms with Crippen LogP contribution in [0.1, 0.15) is 18.4 Å². The summed E-state index contributed by atoms with van der Waals surface area (Å²) in [4.78, 5) is 27.8. The summed E-state index contributed by atoms with van der Waals surface area (Å²) >= 11 is 0. The number of nitrogens with one attached hydrogen (secondary N) is 2. The van der Waals surface area contributed by atoms with Gasteiger partial charge in [-0.15, -0.1) is 0 Å². The number of nitrogens with zero attached hydrogens (tertiary/aromatic N) is 6. The molecule has 202 valence electrons. The van der Waals surface area contributed by atoms with Gasteiger partial charge in [0.1, 0.15) is 23.6 Å². The van der Waals surface area contributed by atoms with Gasteiger partial charge in [-0.25, -0.2) is 19.5 Å². The summed E-state index contributed by atoms with van der Waals surface area (Å²) < 4.78 is 7.69. The zero-order chi connectivity index (χ0) is 27.6. The molecule has 1 amide bonds. The lowest BCUT2D eigenvalue weighted by molar-refractivity contribution is -0.112. The molecule has 1 aliphatic heterocycles. The van der Waals surface area contributed by atoms with E-state index in [2.05, 4.69) is 35.6 Å². The molecule has 6 rings (SSSR count). The molecule has 5 aromatic rings. The molecular weight excluding hydrogens is 508 g/mol. The maximum atomic E-state index is 12.6. The minimum Gasteiger partial charge on any atom is -0.506 e. The van der Waals surface area contributed by atoms with Gasteiger partial charge in [-0.05, 0) is 63.2 Å². The average molecular weight is 537 g/mol. The average Bonchev–Trinajstić information content (AvgIpc) is 3.58. The predicted molar refractivity (Wildman–Crippen MR) is 152 cm³/mol. The Bertz CT molecular complexity index is 1750. The topological polar surface area (TPSA) is 130 Å². The van der Waals surface area contributed by atoms with Crippen molar-refractivity contribution in [3.63, 3.8) is 0 Å². The van der Waals surface area contributed by atoms with Crippen LogP contribution in [-0.4, -0.2) is 60.1 Å². The minimum atomic E-state index is -0.311. The molecule has 1 fully saturated rings. The van der Waals surface area contributed by atoms with E-state index >= 15 is 0 Å². The Balaban J connectivity index is 1.20. The van der Waals surface area contributed by atoms with Crippen molar-refractivity contribution in [1.82, 2.24) is 29.5 Å². The standard InChI is InChI=1S/C29H28N8O3/c1-18-12-19(5-7-26(18)40-21-15-30-27-9-10-33-37(27)16-21)34-29-22-13-24(25(38)14-23(22)31-17-32-29)35-28(39)8-6-20-4-3-11-36(20)2/h5-10,12-17,20,38H,3-4,11H2,1-2H3,(H,35,39)(H,31,32,34)/b8-6+/t20-/m1/s1. The van der Waals surface area contributed by atoms with Crippen LogP contribution in [0, 0.1) is 6.92 Å². The molecule has 0 spiro atoms. The summed E-state index contributed by atoms with van der Waals surface area (Å²) in [6.45, 7) is 2.97. The van der Waals surface area contributed by atoms with Crippen molar-refractivity contribution in [2.45, 2.75) is 25.8 Å². The summed E-state index contributed by atoms with van der Waals surface area (Å²) in [7, 11) is 2.05. The Morgan fingerprint density at radius 2 is 2.08 bits per heavy atom. The molecule has 1 saturated heterocycles. The monoisotopic (exact) mass is 536 g/mol. The predicted octanol–water partition coefficient (Wildman–Crippen LogP) is 4.81. The Morgan fingerprint density at radius 1 is 1.18 bits per heavy atom. The lowest BCUT2D eigenvalue weighted by atomic mass is 10.1. The Kier molecular flexibility index (Phi) is 6.71. The third-order valence-corrected chi connectivity index (χ3v) is 6.95. The molecule has 0 radical (unpaired) electrons. The van der Waals surface area contributed by atoms with E-state index < -0.39 is 0 Å². The number of anilines is 3. The fourth-order valence-electron chi connectivity index (χ4n) is 4.79. The number of ether oxygens (including phenoxy) is 1. The molecule has 1 aliphatic rings. The molecule has 11 nitrogen and oxygen atoms in total. The van der Waals surface area contributed by atoms with E-state index in [-0.39, 0.29) is 23.4 Å². The van der Waals surface area contributed by atoms with Crippen LogP contribution in [0.2, 0.25) is 0 Å². The number of aryl methyl sites for hydroxylation is 1. The van der Waals surface area contributed by atoms with E-state index in [1.165, 1.54) is 18.5 Å². The van der Waals surface area contributed by atoms with Gasteiger partial charge in [-0.2, -0.15) is 5.10 Å². The zero-order valence-electron chi connectivity index (χ0n) is 22.1. The van der Waals surface area contributed by atoms with Crippen LogP contribution < -0.4 is 15.4 Å². The number of fused-ring (bicyclic) bond motifs is 2. The van der Waals surface area contributed by atoms with Gasteiger partial charge in [-0.3, -0.25) is 9.69 Å². The van der Waals surface area contributed by atoms with Gasteiger partial charge in [0.15, 0.2) is 11.4 Å². The number of carbonyl (C=O) groups excluding carboxylic acids is 1. The Labute approximate surface area is 230 Å². The van der Waals surface area contributed by atoms with E-state index in [0.29, 0.717) is 28.2 Å². The van der Waals surface area contributed by atoms with Gasteiger partial charge >= 0.3 is 0 Å². The van der Waals surface area contributed by atoms with Crippen LogP contribution in [0.5, 0.6) is 17.2 Å². The first-order valence-electron chi connectivity index (χ1n) is 12.9. The van der Waals surface area contributed by atoms with Crippen molar-refractivity contribution in [3.8, 4) is 17.2 Å². The molecule has 3 N–H and O–H groups in total. The van der Waals surface area contributed by atoms with Crippen molar-refractivity contribution in [3.05, 3.63) is 79.0 Å². The highest BCUT2D eigenvalue weighted by Crippen LogP contribution is 2.34. The van der Waals surface area contributed by atoms with Crippen LogP contribution in [0.25, 0.3) is 16.6 Å². The number of benzene rings is 2. The van der Waals surface area contributed by atoms with E-state index in [1.807, 2.05) is 44.3 Å². The smallest absolute Gasteiger partial charge is 0.248 e. The van der Waals surface area contributed by atoms with Gasteiger partial charge in [0.2, 0.25) is 5.91 Å². The first kappa shape index (κ1) is 25.3. The minimum absolute atomic E-state index is 0.0722. The highest BCUT2D eigenvalue weighted by Gasteiger charge is 2.18. The van der Waals surface area contributed by atoms with Gasteiger partial charge in [-0.1, -0.05) is 6.08 Å². The second kappa shape index (κ2) is 10.6. The number of phenols is 1. The third kappa shape index (κ3) is 5.27. The number of hydrogen-bond donors (Lipinski definition) is 3. The summed E-state index contributed by atoms with van der Waals surface area (Å²) in [5, 5.41) is 21.5. The fourth-order valence-corrected chi connectivity index (χ4v) is 4.79. The summed E-state index contributed by atoms with van der Waals surface area (Å²) in [5.41, 5.74) is 3.24. The number of amides is 1. The molecule has 2 aromatic carbocycles. The van der Waals surface area contributed by atoms with Crippen molar-refractivity contribution >= 4 is 39.6 Å². The van der Waals surface area contributed by atoms with Gasteiger partial charge in [0.25, 0.3) is 0 Å². The second-order valence-electron chi connectivity index (χ2n) is 9.78. The number of rotatable bonds is 7. The lowest BCUT2D eigenvalue weighted by Gasteiger charge is -2.15. The maximum Gasteiger partial charge on any atom is 0.248 e. The number of aromatic nitrogens is 5. The molecule has 1 atom stereocenters. The quantitative estimate of drug-likeness (QED) is 0.198. The highest BCUT2D eigenvalue weighted by atomic mass is 16.5. The first-order chi connectivity index (χ1) is 19.4. The molecule has 11 heteroatoms. The molecule has 0 unspecified atom stereocenters. The fraction of sp³-hybridized carbons (Fsp3) is 0.207. The number of phenolic OH excluding ortho intramolecular Hbond substituents is 1. The summed E-state index contributed by atoms with van der Waals surface area (Å²) in [6.07, 6.45) is 12.1. The van der Waals surface area contributed by atoms with Crippen LogP contribution in [-0.2, 0) is 4.79 Å². The second-order valence-corrected chi connectivity index (χ2v) is 9.78. The molecular formula is C29H28N8O3. The normalized spacial score (nSPS) is 15.7. The van der Waals surface area contributed by atoms with E-state index in [9.17, 15) is 9.90 Å². The van der Waals surface area contributed by atoms with Gasteiger partial charge < -0.3 is 20.5 Å². The largest absolute Gasteiger partial charge is 0.506 e. The van der Waals surface area contributed by atoms with Crippen molar-refractivity contribution in [2.75, 3.05) is 24.2 Å². The molecule has 3 aromatic heterocycles. The number of likely N-dealkylation sites (tertiary alicyclic amines) is 1. The number of hydrogen-bond acceptors (Lipinski definition) is 9. The molecule has 0 bridgehead atoms. The van der Waals surface area contributed by atoms with Gasteiger partial charge in [0, 0.05) is 35.3 Å². The number of aromatic hydroxyl groups is 1. The molecule has 4 heterocycles. The van der Waals surface area contributed by atoms with Crippen LogP contribution in [0.4, 0.5) is 17.2 Å². The molecule has 0 aliphatic carbocycles. The summed E-state index contributed by atoms with van der Waals surface area (Å²) in [5.74, 6) is 1.40. The Morgan fingerprint density at radius 3 is 2.90 bits per heavy atom. The third-order valence-electron chi connectivity index (χ3n) is 6.95. The Hall–Kier alpha value is -5.03. The highest BCUT2D eigenvalue weighted by molar-refractivity contribution is 6.03. The van der Waals surface area contributed by atoms with Crippen LogP contribution in [0.3, 0.4) is 0 Å². The van der Waals surface area contributed by atoms with E-state index in [4.69, 9.17) is 4.74 Å².